The van der Waals surface area contributed by atoms with Crippen LogP contribution in [0, 0.1) is 17.8 Å². The summed E-state index contributed by atoms with van der Waals surface area (Å²) in [7, 11) is 0. The molecule has 0 aromatic heterocycles. The molecule has 56 valence electrons. The predicted molar refractivity (Wildman–Crippen MR) is 43.8 cm³/mol. The lowest BCUT2D eigenvalue weighted by molar-refractivity contribution is 0.605. The highest BCUT2D eigenvalue weighted by molar-refractivity contribution is 4.99. The molecule has 0 amide bonds. The van der Waals surface area contributed by atoms with E-state index in [2.05, 4.69) is 19.1 Å². The minimum absolute atomic E-state index is 1.06. The van der Waals surface area contributed by atoms with Gasteiger partial charge in [-0.3, -0.25) is 0 Å². The molecule has 1 saturated carbocycles. The first-order chi connectivity index (χ1) is 4.89. The van der Waals surface area contributed by atoms with E-state index in [1.54, 1.807) is 0 Å². The van der Waals surface area contributed by atoms with Gasteiger partial charge in [0.1, 0.15) is 0 Å². The molecule has 0 aliphatic heterocycles. The maximum absolute atomic E-state index is 2.42. The third-order valence-electron chi connectivity index (χ3n) is 3.26. The maximum Gasteiger partial charge on any atom is -0.0348 e. The fourth-order valence-electron chi connectivity index (χ4n) is 2.40. The summed E-state index contributed by atoms with van der Waals surface area (Å²) in [6, 6.07) is 0. The second-order valence-corrected chi connectivity index (χ2v) is 3.81. The topological polar surface area (TPSA) is 0 Å². The largest absolute Gasteiger partial charge is 0.0885 e. The summed E-state index contributed by atoms with van der Waals surface area (Å²) in [5.74, 6) is 3.26. The first-order valence-corrected chi connectivity index (χ1v) is 4.54. The fourth-order valence-corrected chi connectivity index (χ4v) is 2.40. The highest BCUT2D eigenvalue weighted by Gasteiger charge is 2.44. The van der Waals surface area contributed by atoms with E-state index in [0.717, 1.165) is 17.8 Å². The van der Waals surface area contributed by atoms with Crippen molar-refractivity contribution < 1.29 is 0 Å². The van der Waals surface area contributed by atoms with Crippen LogP contribution in [0.15, 0.2) is 12.2 Å². The van der Waals surface area contributed by atoms with Gasteiger partial charge in [0, 0.05) is 0 Å². The Kier molecular flexibility index (Phi) is 1.55. The average molecular weight is 136 g/mol. The summed E-state index contributed by atoms with van der Waals surface area (Å²) in [6.07, 6.45) is 10.3. The molecule has 2 rings (SSSR count). The van der Waals surface area contributed by atoms with Crippen molar-refractivity contribution in [2.75, 3.05) is 0 Å². The Bertz CT molecular complexity index is 130. The molecule has 0 heteroatoms. The molecule has 0 bridgehead atoms. The van der Waals surface area contributed by atoms with Gasteiger partial charge in [0.05, 0.1) is 0 Å². The molecule has 0 nitrogen and oxygen atoms in total. The van der Waals surface area contributed by atoms with Gasteiger partial charge in [-0.25, -0.2) is 0 Å². The van der Waals surface area contributed by atoms with Crippen molar-refractivity contribution >= 4 is 0 Å². The number of rotatable bonds is 0. The molecule has 2 aliphatic carbocycles. The summed E-state index contributed by atoms with van der Waals surface area (Å²) < 4.78 is 0. The summed E-state index contributed by atoms with van der Waals surface area (Å²) >= 11 is 0. The monoisotopic (exact) mass is 136 g/mol. The minimum Gasteiger partial charge on any atom is -0.0885 e. The molecule has 0 radical (unpaired) electrons. The van der Waals surface area contributed by atoms with E-state index >= 15 is 0 Å². The summed E-state index contributed by atoms with van der Waals surface area (Å²) in [6.45, 7) is 2.42. The van der Waals surface area contributed by atoms with E-state index < -0.39 is 0 Å². The number of hydrogen-bond acceptors (Lipinski definition) is 0. The van der Waals surface area contributed by atoms with E-state index in [4.69, 9.17) is 0 Å². The first-order valence-electron chi connectivity index (χ1n) is 4.54. The summed E-state index contributed by atoms with van der Waals surface area (Å²) in [5.41, 5.74) is 0. The molecule has 0 aromatic carbocycles. The van der Waals surface area contributed by atoms with Crippen molar-refractivity contribution in [2.24, 2.45) is 17.8 Å². The lowest BCUT2D eigenvalue weighted by Crippen LogP contribution is -1.85. The van der Waals surface area contributed by atoms with Crippen LogP contribution in [0.2, 0.25) is 0 Å². The van der Waals surface area contributed by atoms with Gasteiger partial charge < -0.3 is 0 Å². The van der Waals surface area contributed by atoms with Crippen LogP contribution in [0.25, 0.3) is 0 Å². The Labute approximate surface area is 63.3 Å². The van der Waals surface area contributed by atoms with Gasteiger partial charge in [-0.1, -0.05) is 19.1 Å². The van der Waals surface area contributed by atoms with Gasteiger partial charge in [-0.2, -0.15) is 0 Å². The van der Waals surface area contributed by atoms with Crippen LogP contribution in [0.5, 0.6) is 0 Å². The van der Waals surface area contributed by atoms with Gasteiger partial charge in [0.15, 0.2) is 0 Å². The molecule has 0 saturated heterocycles. The normalized spacial score (nSPS) is 48.7. The van der Waals surface area contributed by atoms with Crippen LogP contribution in [0.1, 0.15) is 32.6 Å². The Balaban J connectivity index is 1.94. The Hall–Kier alpha value is -0.260. The maximum atomic E-state index is 2.42. The zero-order chi connectivity index (χ0) is 6.97. The van der Waals surface area contributed by atoms with Crippen molar-refractivity contribution in [1.29, 1.82) is 0 Å². The fraction of sp³-hybridized carbons (Fsp3) is 0.800. The lowest BCUT2D eigenvalue weighted by atomic mass is 10.1. The molecule has 10 heavy (non-hydrogen) atoms. The Morgan fingerprint density at radius 3 is 2.00 bits per heavy atom. The van der Waals surface area contributed by atoms with Crippen LogP contribution in [-0.4, -0.2) is 0 Å². The predicted octanol–water partition coefficient (Wildman–Crippen LogP) is 3.00. The van der Waals surface area contributed by atoms with Gasteiger partial charge >= 0.3 is 0 Å². The van der Waals surface area contributed by atoms with Gasteiger partial charge in [0.25, 0.3) is 0 Å². The third kappa shape index (κ3) is 1.00. The molecule has 2 aliphatic rings. The molecule has 2 atom stereocenters. The molecule has 0 spiro atoms. The smallest absolute Gasteiger partial charge is 0.0348 e. The van der Waals surface area contributed by atoms with E-state index in [0.29, 0.717) is 0 Å². The van der Waals surface area contributed by atoms with Crippen LogP contribution >= 0.6 is 0 Å². The van der Waals surface area contributed by atoms with Crippen LogP contribution in [0.4, 0.5) is 0 Å². The second-order valence-electron chi connectivity index (χ2n) is 3.81. The van der Waals surface area contributed by atoms with Crippen LogP contribution < -0.4 is 0 Å². The van der Waals surface area contributed by atoms with Crippen molar-refractivity contribution in [3.8, 4) is 0 Å². The highest BCUT2D eigenvalue weighted by Crippen LogP contribution is 2.52. The molecule has 0 aromatic rings. The first kappa shape index (κ1) is 6.45. The Morgan fingerprint density at radius 2 is 1.50 bits per heavy atom. The van der Waals surface area contributed by atoms with E-state index in [1.165, 1.54) is 25.7 Å². The standard InChI is InChI=1S/C10H16/c1-8-9-6-4-2-3-5-7-10(8)9/h2-3,8-10H,4-7H2,1H3/b3-2-. The van der Waals surface area contributed by atoms with Crippen molar-refractivity contribution in [1.82, 2.24) is 0 Å². The SMILES string of the molecule is CC1C2CC/C=C\CCC12. The highest BCUT2D eigenvalue weighted by atomic mass is 14.5. The summed E-state index contributed by atoms with van der Waals surface area (Å²) in [4.78, 5) is 0. The quantitative estimate of drug-likeness (QED) is 0.449. The van der Waals surface area contributed by atoms with E-state index in [9.17, 15) is 0 Å². The zero-order valence-corrected chi connectivity index (χ0v) is 6.72. The lowest BCUT2D eigenvalue weighted by Gasteiger charge is -1.99. The van der Waals surface area contributed by atoms with Crippen molar-refractivity contribution in [3.63, 3.8) is 0 Å². The molecular formula is C10H16. The number of hydrogen-bond donors (Lipinski definition) is 0. The van der Waals surface area contributed by atoms with Crippen molar-refractivity contribution in [3.05, 3.63) is 12.2 Å². The molecule has 0 N–H and O–H groups in total. The molecule has 2 unspecified atom stereocenters. The van der Waals surface area contributed by atoms with E-state index in [1.807, 2.05) is 0 Å². The van der Waals surface area contributed by atoms with Gasteiger partial charge in [-0.05, 0) is 43.4 Å². The van der Waals surface area contributed by atoms with Gasteiger partial charge in [-0.15, -0.1) is 0 Å². The third-order valence-corrected chi connectivity index (χ3v) is 3.26. The zero-order valence-electron chi connectivity index (χ0n) is 6.72. The minimum atomic E-state index is 1.06. The Morgan fingerprint density at radius 1 is 1.00 bits per heavy atom. The van der Waals surface area contributed by atoms with Crippen LogP contribution in [0.3, 0.4) is 0 Å². The van der Waals surface area contributed by atoms with E-state index in [-0.39, 0.29) is 0 Å². The van der Waals surface area contributed by atoms with Crippen molar-refractivity contribution in [2.45, 2.75) is 32.6 Å². The van der Waals surface area contributed by atoms with Gasteiger partial charge in [0.2, 0.25) is 0 Å². The number of allylic oxidation sites excluding steroid dienone is 2. The average Bonchev–Trinajstić information content (AvgIpc) is 2.39. The molecule has 0 heterocycles. The number of fused-ring (bicyclic) bond motifs is 1. The summed E-state index contributed by atoms with van der Waals surface area (Å²) in [5, 5.41) is 0. The van der Waals surface area contributed by atoms with Crippen LogP contribution in [-0.2, 0) is 0 Å². The second kappa shape index (κ2) is 2.41. The molecule has 1 fully saturated rings. The molecular weight excluding hydrogens is 120 g/mol.